The van der Waals surface area contributed by atoms with E-state index in [4.69, 9.17) is 10.5 Å². The predicted octanol–water partition coefficient (Wildman–Crippen LogP) is 0.256. The van der Waals surface area contributed by atoms with Crippen molar-refractivity contribution in [2.75, 3.05) is 34.3 Å². The van der Waals surface area contributed by atoms with Crippen LogP contribution < -0.4 is 10.5 Å². The van der Waals surface area contributed by atoms with Crippen LogP contribution in [0.5, 0.6) is 5.75 Å². The Balaban J connectivity index is 3.18. The van der Waals surface area contributed by atoms with Gasteiger partial charge in [-0.05, 0) is 20.0 Å². The van der Waals surface area contributed by atoms with Crippen molar-refractivity contribution in [3.63, 3.8) is 0 Å². The van der Waals surface area contributed by atoms with Gasteiger partial charge in [-0.2, -0.15) is 5.10 Å². The van der Waals surface area contributed by atoms with Crippen molar-refractivity contribution in [3.05, 3.63) is 11.9 Å². The number of aliphatic hydroxyl groups is 1. The summed E-state index contributed by atoms with van der Waals surface area (Å²) in [5.41, 5.74) is 5.32. The van der Waals surface area contributed by atoms with Crippen molar-refractivity contribution in [1.82, 2.24) is 14.7 Å². The second-order valence-electron chi connectivity index (χ2n) is 5.37. The minimum atomic E-state index is -1.13. The zero-order chi connectivity index (χ0) is 14.6. The van der Waals surface area contributed by atoms with E-state index in [1.54, 1.807) is 18.0 Å². The molecule has 0 aliphatic carbocycles. The van der Waals surface area contributed by atoms with Gasteiger partial charge in [0.05, 0.1) is 19.9 Å². The number of nitrogens with two attached hydrogens (primary N) is 1. The second kappa shape index (κ2) is 6.36. The minimum Gasteiger partial charge on any atom is -0.493 e. The lowest BCUT2D eigenvalue weighted by Gasteiger charge is -2.32. The number of hydrogen-bond donors (Lipinski definition) is 2. The Kier molecular flexibility index (Phi) is 5.34. The fourth-order valence-corrected chi connectivity index (χ4v) is 2.02. The van der Waals surface area contributed by atoms with Crippen molar-refractivity contribution in [1.29, 1.82) is 0 Å². The number of aromatic nitrogens is 2. The predicted molar refractivity (Wildman–Crippen MR) is 75.1 cm³/mol. The van der Waals surface area contributed by atoms with Gasteiger partial charge in [-0.15, -0.1) is 0 Å². The fourth-order valence-electron chi connectivity index (χ4n) is 2.02. The highest BCUT2D eigenvalue weighted by molar-refractivity contribution is 5.31. The van der Waals surface area contributed by atoms with E-state index in [9.17, 15) is 5.11 Å². The Hall–Kier alpha value is -1.11. The molecule has 1 aromatic rings. The lowest BCUT2D eigenvalue weighted by atomic mass is 9.86. The molecule has 0 fully saturated rings. The average molecular weight is 270 g/mol. The van der Waals surface area contributed by atoms with Crippen molar-refractivity contribution >= 4 is 0 Å². The lowest BCUT2D eigenvalue weighted by Crippen LogP contribution is -2.42. The summed E-state index contributed by atoms with van der Waals surface area (Å²) in [5.74, 6) is 0.557. The summed E-state index contributed by atoms with van der Waals surface area (Å²) in [6.07, 6.45) is 1.63. The maximum atomic E-state index is 10.8. The quantitative estimate of drug-likeness (QED) is 0.743. The topological polar surface area (TPSA) is 76.5 Å². The molecule has 1 rings (SSSR count). The van der Waals surface area contributed by atoms with Crippen LogP contribution in [-0.2, 0) is 12.1 Å². The molecule has 0 bridgehead atoms. The molecule has 0 amide bonds. The molecule has 0 aromatic carbocycles. The Morgan fingerprint density at radius 1 is 1.53 bits per heavy atom. The van der Waals surface area contributed by atoms with Gasteiger partial charge in [0.2, 0.25) is 0 Å². The number of likely N-dealkylation sites (N-methyl/N-ethyl adjacent to an activating group) is 1. The molecule has 1 aromatic heterocycles. The minimum absolute atomic E-state index is 0.0267. The van der Waals surface area contributed by atoms with Gasteiger partial charge in [-0.25, -0.2) is 0 Å². The molecule has 1 unspecified atom stereocenters. The van der Waals surface area contributed by atoms with E-state index in [2.05, 4.69) is 10.00 Å². The zero-order valence-electron chi connectivity index (χ0n) is 12.6. The van der Waals surface area contributed by atoms with E-state index >= 15 is 0 Å². The highest BCUT2D eigenvalue weighted by Gasteiger charge is 2.38. The summed E-state index contributed by atoms with van der Waals surface area (Å²) >= 11 is 0. The molecular weight excluding hydrogens is 244 g/mol. The van der Waals surface area contributed by atoms with Gasteiger partial charge in [-0.1, -0.05) is 13.8 Å². The third-order valence-electron chi connectivity index (χ3n) is 3.46. The molecular formula is C13H26N4O2. The fraction of sp³-hybridized carbons (Fsp3) is 0.769. The molecule has 3 N–H and O–H groups in total. The van der Waals surface area contributed by atoms with E-state index in [-0.39, 0.29) is 12.5 Å². The van der Waals surface area contributed by atoms with Crippen LogP contribution in [0.25, 0.3) is 0 Å². The van der Waals surface area contributed by atoms with Crippen molar-refractivity contribution < 1.29 is 9.84 Å². The van der Waals surface area contributed by atoms with Crippen molar-refractivity contribution in [3.8, 4) is 5.75 Å². The first kappa shape index (κ1) is 15.9. The second-order valence-corrected chi connectivity index (χ2v) is 5.37. The van der Waals surface area contributed by atoms with Crippen LogP contribution in [-0.4, -0.2) is 54.1 Å². The highest BCUT2D eigenvalue weighted by Crippen LogP contribution is 2.34. The van der Waals surface area contributed by atoms with Gasteiger partial charge in [0.25, 0.3) is 0 Å². The highest BCUT2D eigenvalue weighted by atomic mass is 16.5. The number of hydrogen-bond acceptors (Lipinski definition) is 5. The van der Waals surface area contributed by atoms with Gasteiger partial charge in [-0.3, -0.25) is 4.68 Å². The van der Waals surface area contributed by atoms with Crippen molar-refractivity contribution in [2.24, 2.45) is 11.7 Å². The summed E-state index contributed by atoms with van der Waals surface area (Å²) in [4.78, 5) is 2.06. The van der Waals surface area contributed by atoms with E-state index < -0.39 is 5.60 Å². The molecule has 6 nitrogen and oxygen atoms in total. The Morgan fingerprint density at radius 2 is 2.16 bits per heavy atom. The molecule has 1 heterocycles. The molecule has 1 atom stereocenters. The largest absolute Gasteiger partial charge is 0.493 e. The van der Waals surface area contributed by atoms with E-state index in [0.717, 1.165) is 6.54 Å². The first-order valence-electron chi connectivity index (χ1n) is 6.54. The molecule has 19 heavy (non-hydrogen) atoms. The standard InChI is InChI=1S/C13H26N4O2/c1-10(2)13(18,9-14)12-11(19-5)8-15-17(12)7-6-16(3)4/h8,10,18H,6-7,9,14H2,1-5H3. The maximum absolute atomic E-state index is 10.8. The van der Waals surface area contributed by atoms with Gasteiger partial charge in [0.15, 0.2) is 5.75 Å². The van der Waals surface area contributed by atoms with Gasteiger partial charge >= 0.3 is 0 Å². The Labute approximate surface area is 115 Å². The number of methoxy groups -OCH3 is 1. The van der Waals surface area contributed by atoms with E-state index in [1.807, 2.05) is 27.9 Å². The third-order valence-corrected chi connectivity index (χ3v) is 3.46. The van der Waals surface area contributed by atoms with Crippen LogP contribution in [0.1, 0.15) is 19.5 Å². The molecule has 0 saturated heterocycles. The summed E-state index contributed by atoms with van der Waals surface area (Å²) in [6, 6.07) is 0. The van der Waals surface area contributed by atoms with E-state index in [1.165, 1.54) is 0 Å². The Bertz CT molecular complexity index is 403. The smallest absolute Gasteiger partial charge is 0.163 e. The van der Waals surface area contributed by atoms with Crippen LogP contribution >= 0.6 is 0 Å². The van der Waals surface area contributed by atoms with Crippen LogP contribution in [0.15, 0.2) is 6.20 Å². The van der Waals surface area contributed by atoms with Crippen LogP contribution in [0.4, 0.5) is 0 Å². The van der Waals surface area contributed by atoms with Crippen LogP contribution in [0.2, 0.25) is 0 Å². The number of rotatable bonds is 7. The summed E-state index contributed by atoms with van der Waals surface area (Å²) in [7, 11) is 5.57. The van der Waals surface area contributed by atoms with Gasteiger partial charge in [0, 0.05) is 13.1 Å². The summed E-state index contributed by atoms with van der Waals surface area (Å²) in [5, 5.41) is 15.1. The van der Waals surface area contributed by atoms with E-state index in [0.29, 0.717) is 18.0 Å². The molecule has 0 radical (unpaired) electrons. The first-order chi connectivity index (χ1) is 8.86. The van der Waals surface area contributed by atoms with Crippen molar-refractivity contribution in [2.45, 2.75) is 26.0 Å². The van der Waals surface area contributed by atoms with Gasteiger partial charge in [0.1, 0.15) is 11.3 Å². The molecule has 0 aliphatic rings. The zero-order valence-corrected chi connectivity index (χ0v) is 12.6. The van der Waals surface area contributed by atoms with Crippen LogP contribution in [0, 0.1) is 5.92 Å². The lowest BCUT2D eigenvalue weighted by molar-refractivity contribution is -0.0117. The molecule has 110 valence electrons. The first-order valence-corrected chi connectivity index (χ1v) is 6.54. The number of ether oxygens (including phenoxy) is 1. The molecule has 0 spiro atoms. The molecule has 0 saturated carbocycles. The van der Waals surface area contributed by atoms with Gasteiger partial charge < -0.3 is 20.5 Å². The average Bonchev–Trinajstić information content (AvgIpc) is 2.78. The number of nitrogens with zero attached hydrogens (tertiary/aromatic N) is 3. The molecule has 0 aliphatic heterocycles. The third kappa shape index (κ3) is 3.26. The summed E-state index contributed by atoms with van der Waals surface area (Å²) < 4.78 is 7.10. The van der Waals surface area contributed by atoms with Crippen LogP contribution in [0.3, 0.4) is 0 Å². The Morgan fingerprint density at radius 3 is 2.58 bits per heavy atom. The normalized spacial score (nSPS) is 15.0. The molecule has 6 heteroatoms. The maximum Gasteiger partial charge on any atom is 0.163 e. The monoisotopic (exact) mass is 270 g/mol. The summed E-state index contributed by atoms with van der Waals surface area (Å²) in [6.45, 7) is 5.52. The SMILES string of the molecule is COc1cnn(CCN(C)C)c1C(O)(CN)C(C)C.